The number of likely N-dealkylation sites (N-methyl/N-ethyl adjacent to an activating group) is 1. The number of methoxy groups -OCH3 is 2. The van der Waals surface area contributed by atoms with E-state index in [-0.39, 0.29) is 42.3 Å². The Labute approximate surface area is 212 Å². The highest BCUT2D eigenvalue weighted by Crippen LogP contribution is 2.27. The average Bonchev–Trinajstić information content (AvgIpc) is 2.84. The summed E-state index contributed by atoms with van der Waals surface area (Å²) in [6.07, 6.45) is -0.213. The van der Waals surface area contributed by atoms with Crippen molar-refractivity contribution >= 4 is 17.5 Å². The number of amides is 2. The van der Waals surface area contributed by atoms with Crippen LogP contribution in [-0.2, 0) is 20.8 Å². The van der Waals surface area contributed by atoms with Gasteiger partial charge in [-0.1, -0.05) is 19.1 Å². The number of fused-ring (bicyclic) bond motifs is 1. The normalized spacial score (nSPS) is 21.7. The predicted molar refractivity (Wildman–Crippen MR) is 136 cm³/mol. The Balaban J connectivity index is 1.92. The number of hydrogen-bond acceptors (Lipinski definition) is 6. The predicted octanol–water partition coefficient (Wildman–Crippen LogP) is 3.42. The molecule has 0 radical (unpaired) electrons. The van der Waals surface area contributed by atoms with Crippen LogP contribution in [0.15, 0.2) is 42.5 Å². The molecule has 0 aliphatic carbocycles. The van der Waals surface area contributed by atoms with Crippen molar-refractivity contribution in [1.29, 1.82) is 0 Å². The molecule has 0 spiro atoms. The highest BCUT2D eigenvalue weighted by atomic mass is 19.1. The number of nitrogens with one attached hydrogen (secondary N) is 1. The molecule has 196 valence electrons. The summed E-state index contributed by atoms with van der Waals surface area (Å²) in [4.78, 5) is 29.3. The van der Waals surface area contributed by atoms with Crippen molar-refractivity contribution < 1.29 is 28.2 Å². The minimum atomic E-state index is -0.317. The van der Waals surface area contributed by atoms with Gasteiger partial charge in [-0.05, 0) is 48.7 Å². The van der Waals surface area contributed by atoms with Crippen LogP contribution in [0.4, 0.5) is 10.1 Å². The van der Waals surface area contributed by atoms with Crippen molar-refractivity contribution in [2.75, 3.05) is 52.9 Å². The summed E-state index contributed by atoms with van der Waals surface area (Å²) in [5.41, 5.74) is 1.70. The molecule has 0 saturated carbocycles. The molecule has 1 aliphatic rings. The molecule has 0 bridgehead atoms. The number of hydrogen-bond donors (Lipinski definition) is 1. The van der Waals surface area contributed by atoms with Gasteiger partial charge in [0.15, 0.2) is 0 Å². The zero-order valence-corrected chi connectivity index (χ0v) is 21.6. The molecule has 0 fully saturated rings. The van der Waals surface area contributed by atoms with Crippen LogP contribution >= 0.6 is 0 Å². The van der Waals surface area contributed by atoms with Crippen LogP contribution < -0.4 is 10.1 Å². The van der Waals surface area contributed by atoms with Gasteiger partial charge >= 0.3 is 0 Å². The van der Waals surface area contributed by atoms with E-state index in [1.165, 1.54) is 13.2 Å². The summed E-state index contributed by atoms with van der Waals surface area (Å²) in [5, 5.41) is 2.74. The van der Waals surface area contributed by atoms with Crippen molar-refractivity contribution in [1.82, 2.24) is 9.80 Å². The quantitative estimate of drug-likeness (QED) is 0.654. The summed E-state index contributed by atoms with van der Waals surface area (Å²) in [7, 11) is 4.81. The van der Waals surface area contributed by atoms with Crippen LogP contribution in [0.3, 0.4) is 0 Å². The van der Waals surface area contributed by atoms with Gasteiger partial charge in [0.05, 0.1) is 11.7 Å². The fraction of sp³-hybridized carbons (Fsp3) is 0.481. The monoisotopic (exact) mass is 501 g/mol. The summed E-state index contributed by atoms with van der Waals surface area (Å²) >= 11 is 0. The smallest absolute Gasteiger partial charge is 0.257 e. The molecular weight excluding hydrogens is 465 g/mol. The molecule has 3 atom stereocenters. The molecule has 2 amide bonds. The number of ether oxygens (including phenoxy) is 3. The Hall–Kier alpha value is -3.01. The third-order valence-corrected chi connectivity index (χ3v) is 6.41. The lowest BCUT2D eigenvalue weighted by Crippen LogP contribution is -2.46. The largest absolute Gasteiger partial charge is 0.491 e. The van der Waals surface area contributed by atoms with Gasteiger partial charge in [0.25, 0.3) is 5.91 Å². The Bertz CT molecular complexity index is 1050. The number of nitrogens with zero attached hydrogens (tertiary/aromatic N) is 2. The van der Waals surface area contributed by atoms with E-state index in [1.807, 2.05) is 13.0 Å². The van der Waals surface area contributed by atoms with E-state index in [2.05, 4.69) is 17.1 Å². The van der Waals surface area contributed by atoms with Gasteiger partial charge in [-0.3, -0.25) is 14.5 Å². The second-order valence-electron chi connectivity index (χ2n) is 9.35. The van der Waals surface area contributed by atoms with E-state index in [4.69, 9.17) is 14.2 Å². The van der Waals surface area contributed by atoms with Crippen LogP contribution in [0.2, 0.25) is 0 Å². The lowest BCUT2D eigenvalue weighted by molar-refractivity contribution is -0.119. The van der Waals surface area contributed by atoms with Crippen molar-refractivity contribution in [3.05, 3.63) is 59.4 Å². The van der Waals surface area contributed by atoms with Gasteiger partial charge in [-0.2, -0.15) is 0 Å². The summed E-state index contributed by atoms with van der Waals surface area (Å²) in [5.74, 6) is -0.304. The van der Waals surface area contributed by atoms with Gasteiger partial charge in [-0.15, -0.1) is 0 Å². The van der Waals surface area contributed by atoms with Crippen LogP contribution in [0.25, 0.3) is 0 Å². The van der Waals surface area contributed by atoms with E-state index in [0.29, 0.717) is 43.2 Å². The standard InChI is InChI=1S/C27H36FN3O5/c1-18-13-31(14-20-7-6-8-21(28)11-20)19(2)16-36-24-10-9-22(29-26(32)17-34-4)12-23(24)27(33)30(3)15-25(18)35-5/h6-12,18-19,25H,13-17H2,1-5H3,(H,29,32)/t18-,19-,25+/m1/s1. The number of benzene rings is 2. The lowest BCUT2D eigenvalue weighted by Gasteiger charge is -2.36. The summed E-state index contributed by atoms with van der Waals surface area (Å²) in [6.45, 7) is 5.97. The van der Waals surface area contributed by atoms with Gasteiger partial charge in [-0.25, -0.2) is 4.39 Å². The Morgan fingerprint density at radius 3 is 2.64 bits per heavy atom. The average molecular weight is 502 g/mol. The molecule has 2 aromatic carbocycles. The zero-order chi connectivity index (χ0) is 26.2. The first-order valence-corrected chi connectivity index (χ1v) is 12.0. The molecular formula is C27H36FN3O5. The van der Waals surface area contributed by atoms with Gasteiger partial charge in [0.1, 0.15) is 24.8 Å². The van der Waals surface area contributed by atoms with Crippen LogP contribution in [-0.4, -0.2) is 81.3 Å². The Morgan fingerprint density at radius 2 is 1.94 bits per heavy atom. The molecule has 1 aliphatic heterocycles. The zero-order valence-electron chi connectivity index (χ0n) is 21.6. The second kappa shape index (κ2) is 12.8. The molecule has 1 N–H and O–H groups in total. The van der Waals surface area contributed by atoms with Crippen molar-refractivity contribution in [3.8, 4) is 5.75 Å². The maximum Gasteiger partial charge on any atom is 0.257 e. The Morgan fingerprint density at radius 1 is 1.17 bits per heavy atom. The fourth-order valence-corrected chi connectivity index (χ4v) is 4.35. The minimum Gasteiger partial charge on any atom is -0.491 e. The fourth-order valence-electron chi connectivity index (χ4n) is 4.35. The number of anilines is 1. The maximum atomic E-state index is 13.8. The van der Waals surface area contributed by atoms with Crippen molar-refractivity contribution in [2.24, 2.45) is 5.92 Å². The molecule has 2 aromatic rings. The van der Waals surface area contributed by atoms with Crippen LogP contribution in [0, 0.1) is 11.7 Å². The minimum absolute atomic E-state index is 0.0330. The first-order chi connectivity index (χ1) is 17.2. The number of carbonyl (C=O) groups is 2. The van der Waals surface area contributed by atoms with Gasteiger partial charge in [0, 0.05) is 52.6 Å². The van der Waals surface area contributed by atoms with Crippen molar-refractivity contribution in [2.45, 2.75) is 32.5 Å². The molecule has 9 heteroatoms. The number of rotatable bonds is 6. The van der Waals surface area contributed by atoms with Crippen molar-refractivity contribution in [3.63, 3.8) is 0 Å². The first-order valence-electron chi connectivity index (χ1n) is 12.0. The number of carbonyl (C=O) groups excluding carboxylic acids is 2. The molecule has 0 aromatic heterocycles. The van der Waals surface area contributed by atoms with E-state index in [0.717, 1.165) is 5.56 Å². The van der Waals surface area contributed by atoms with Gasteiger partial charge in [0.2, 0.25) is 5.91 Å². The molecule has 0 unspecified atom stereocenters. The topological polar surface area (TPSA) is 80.3 Å². The summed E-state index contributed by atoms with van der Waals surface area (Å²) in [6, 6.07) is 11.6. The lowest BCUT2D eigenvalue weighted by atomic mass is 10.0. The van der Waals surface area contributed by atoms with Crippen LogP contribution in [0.1, 0.15) is 29.8 Å². The maximum absolute atomic E-state index is 13.8. The summed E-state index contributed by atoms with van der Waals surface area (Å²) < 4.78 is 30.6. The Kier molecular flexibility index (Phi) is 9.81. The van der Waals surface area contributed by atoms with E-state index >= 15 is 0 Å². The highest BCUT2D eigenvalue weighted by molar-refractivity contribution is 5.99. The first kappa shape index (κ1) is 27.6. The van der Waals surface area contributed by atoms with E-state index < -0.39 is 0 Å². The molecule has 8 nitrogen and oxygen atoms in total. The highest BCUT2D eigenvalue weighted by Gasteiger charge is 2.28. The third-order valence-electron chi connectivity index (χ3n) is 6.41. The second-order valence-corrected chi connectivity index (χ2v) is 9.35. The molecule has 36 heavy (non-hydrogen) atoms. The molecule has 1 heterocycles. The van der Waals surface area contributed by atoms with Gasteiger partial charge < -0.3 is 24.4 Å². The SMILES string of the molecule is COCC(=O)Nc1ccc2c(c1)C(=O)N(C)C[C@H](OC)[C@H](C)CN(Cc1cccc(F)c1)[C@H](C)CO2. The third kappa shape index (κ3) is 7.25. The van der Waals surface area contributed by atoms with E-state index in [1.54, 1.807) is 49.4 Å². The number of halogens is 1. The van der Waals surface area contributed by atoms with E-state index in [9.17, 15) is 14.0 Å². The molecule has 3 rings (SSSR count). The molecule has 0 saturated heterocycles. The van der Waals surface area contributed by atoms with Crippen LogP contribution in [0.5, 0.6) is 5.75 Å².